The quantitative estimate of drug-likeness (QED) is 0.761. The van der Waals surface area contributed by atoms with Crippen LogP contribution in [0.15, 0.2) is 42.6 Å². The number of alkyl halides is 1. The van der Waals surface area contributed by atoms with Gasteiger partial charge in [0.15, 0.2) is 11.5 Å². The highest BCUT2D eigenvalue weighted by molar-refractivity contribution is 9.09. The normalized spacial score (nSPS) is 13.6. The Morgan fingerprint density at radius 3 is 2.45 bits per heavy atom. The summed E-state index contributed by atoms with van der Waals surface area (Å²) in [5, 5.41) is 0. The van der Waals surface area contributed by atoms with Gasteiger partial charge in [-0.15, -0.1) is 0 Å². The number of methoxy groups -OCH3 is 2. The lowest BCUT2D eigenvalue weighted by Crippen LogP contribution is -2.06. The van der Waals surface area contributed by atoms with Gasteiger partial charge in [-0.25, -0.2) is 0 Å². The Labute approximate surface area is 128 Å². The molecule has 1 aromatic heterocycles. The van der Waals surface area contributed by atoms with Gasteiger partial charge in [0.25, 0.3) is 0 Å². The summed E-state index contributed by atoms with van der Waals surface area (Å²) in [6, 6.07) is 11.9. The van der Waals surface area contributed by atoms with Crippen LogP contribution in [0.5, 0.6) is 11.5 Å². The van der Waals surface area contributed by atoms with E-state index in [0.717, 1.165) is 22.8 Å². The van der Waals surface area contributed by atoms with Crippen molar-refractivity contribution in [3.63, 3.8) is 0 Å². The number of pyridine rings is 1. The van der Waals surface area contributed by atoms with E-state index in [0.29, 0.717) is 0 Å². The third-order valence-electron chi connectivity index (χ3n) is 3.32. The second kappa shape index (κ2) is 6.75. The first-order valence-corrected chi connectivity index (χ1v) is 7.36. The van der Waals surface area contributed by atoms with Gasteiger partial charge in [0.2, 0.25) is 0 Å². The molecule has 1 aromatic carbocycles. The molecule has 0 saturated carbocycles. The number of para-hydroxylation sites is 1. The molecule has 0 N–H and O–H groups in total. The van der Waals surface area contributed by atoms with E-state index in [1.807, 2.05) is 42.6 Å². The maximum Gasteiger partial charge on any atom is 0.165 e. The number of nitrogens with zero attached hydrogens (tertiary/aromatic N) is 1. The minimum atomic E-state index is 0.0995. The second-order valence-corrected chi connectivity index (χ2v) is 5.51. The zero-order chi connectivity index (χ0) is 14.5. The molecule has 0 aliphatic heterocycles. The molecule has 2 unspecified atom stereocenters. The van der Waals surface area contributed by atoms with E-state index in [2.05, 4.69) is 27.8 Å². The summed E-state index contributed by atoms with van der Waals surface area (Å²) in [6.45, 7) is 2.14. The van der Waals surface area contributed by atoms with Crippen LogP contribution in [-0.2, 0) is 0 Å². The molecule has 0 aliphatic rings. The summed E-state index contributed by atoms with van der Waals surface area (Å²) < 4.78 is 10.9. The van der Waals surface area contributed by atoms with Crippen LogP contribution in [0.2, 0.25) is 0 Å². The van der Waals surface area contributed by atoms with Gasteiger partial charge in [-0.05, 0) is 18.2 Å². The Balaban J connectivity index is 2.36. The van der Waals surface area contributed by atoms with Crippen molar-refractivity contribution < 1.29 is 9.47 Å². The third kappa shape index (κ3) is 2.96. The van der Waals surface area contributed by atoms with E-state index >= 15 is 0 Å². The van der Waals surface area contributed by atoms with Crippen molar-refractivity contribution in [3.05, 3.63) is 53.9 Å². The highest BCUT2D eigenvalue weighted by Crippen LogP contribution is 2.44. The van der Waals surface area contributed by atoms with Crippen LogP contribution in [-0.4, -0.2) is 19.2 Å². The van der Waals surface area contributed by atoms with Gasteiger partial charge >= 0.3 is 0 Å². The fourth-order valence-corrected chi connectivity index (χ4v) is 2.83. The Morgan fingerprint density at radius 1 is 1.05 bits per heavy atom. The van der Waals surface area contributed by atoms with E-state index in [-0.39, 0.29) is 10.7 Å². The lowest BCUT2D eigenvalue weighted by atomic mass is 9.96. The monoisotopic (exact) mass is 335 g/mol. The number of benzene rings is 1. The molecule has 2 rings (SSSR count). The third-order valence-corrected chi connectivity index (χ3v) is 4.61. The van der Waals surface area contributed by atoms with Crippen LogP contribution in [0.25, 0.3) is 0 Å². The zero-order valence-corrected chi connectivity index (χ0v) is 13.4. The van der Waals surface area contributed by atoms with Gasteiger partial charge in [-0.2, -0.15) is 0 Å². The highest BCUT2D eigenvalue weighted by Gasteiger charge is 2.23. The van der Waals surface area contributed by atoms with Crippen LogP contribution in [0.1, 0.15) is 28.9 Å². The SMILES string of the molecule is COc1cccc(C(Br)C(C)c2ccccn2)c1OC. The molecule has 106 valence electrons. The number of rotatable bonds is 5. The van der Waals surface area contributed by atoms with Crippen molar-refractivity contribution >= 4 is 15.9 Å². The van der Waals surface area contributed by atoms with Gasteiger partial charge in [0, 0.05) is 23.4 Å². The molecule has 0 bridgehead atoms. The largest absolute Gasteiger partial charge is 0.493 e. The van der Waals surface area contributed by atoms with E-state index in [1.165, 1.54) is 0 Å². The van der Waals surface area contributed by atoms with Crippen molar-refractivity contribution in [3.8, 4) is 11.5 Å². The molecule has 2 aromatic rings. The van der Waals surface area contributed by atoms with E-state index in [9.17, 15) is 0 Å². The van der Waals surface area contributed by atoms with Crippen LogP contribution >= 0.6 is 15.9 Å². The predicted molar refractivity (Wildman–Crippen MR) is 83.9 cm³/mol. The molecule has 0 amide bonds. The molecule has 4 heteroatoms. The smallest absolute Gasteiger partial charge is 0.165 e. The van der Waals surface area contributed by atoms with Gasteiger partial charge in [0.05, 0.1) is 19.0 Å². The fraction of sp³-hybridized carbons (Fsp3) is 0.312. The lowest BCUT2D eigenvalue weighted by molar-refractivity contribution is 0.351. The standard InChI is InChI=1S/C16H18BrNO2/c1-11(13-8-4-5-10-18-13)15(17)12-7-6-9-14(19-2)16(12)20-3/h4-11,15H,1-3H3. The van der Waals surface area contributed by atoms with Crippen LogP contribution in [0.4, 0.5) is 0 Å². The van der Waals surface area contributed by atoms with E-state index in [4.69, 9.17) is 9.47 Å². The predicted octanol–water partition coefficient (Wildman–Crippen LogP) is 4.34. The molecular formula is C16H18BrNO2. The van der Waals surface area contributed by atoms with Gasteiger partial charge in [-0.3, -0.25) is 4.98 Å². The summed E-state index contributed by atoms with van der Waals surface area (Å²) in [7, 11) is 3.31. The number of hydrogen-bond acceptors (Lipinski definition) is 3. The number of hydrogen-bond donors (Lipinski definition) is 0. The van der Waals surface area contributed by atoms with Gasteiger partial charge in [0.1, 0.15) is 0 Å². The second-order valence-electron chi connectivity index (χ2n) is 4.53. The lowest BCUT2D eigenvalue weighted by Gasteiger charge is -2.21. The summed E-state index contributed by atoms with van der Waals surface area (Å²) in [4.78, 5) is 4.52. The highest BCUT2D eigenvalue weighted by atomic mass is 79.9. The van der Waals surface area contributed by atoms with Crippen LogP contribution < -0.4 is 9.47 Å². The van der Waals surface area contributed by atoms with Crippen molar-refractivity contribution in [1.29, 1.82) is 0 Å². The maximum absolute atomic E-state index is 5.50. The average molecular weight is 336 g/mol. The Bertz CT molecular complexity index is 560. The Morgan fingerprint density at radius 2 is 1.85 bits per heavy atom. The van der Waals surface area contributed by atoms with Crippen molar-refractivity contribution in [1.82, 2.24) is 4.98 Å². The van der Waals surface area contributed by atoms with E-state index < -0.39 is 0 Å². The molecule has 0 radical (unpaired) electrons. The zero-order valence-electron chi connectivity index (χ0n) is 11.8. The molecule has 0 aliphatic carbocycles. The molecule has 0 spiro atoms. The number of aromatic nitrogens is 1. The molecule has 3 nitrogen and oxygen atoms in total. The first-order chi connectivity index (χ1) is 9.69. The molecule has 1 heterocycles. The van der Waals surface area contributed by atoms with Crippen molar-refractivity contribution in [2.75, 3.05) is 14.2 Å². The van der Waals surface area contributed by atoms with Gasteiger partial charge < -0.3 is 9.47 Å². The summed E-state index contributed by atoms with van der Waals surface area (Å²) >= 11 is 3.77. The summed E-state index contributed by atoms with van der Waals surface area (Å²) in [6.07, 6.45) is 1.81. The first-order valence-electron chi connectivity index (χ1n) is 6.45. The summed E-state index contributed by atoms with van der Waals surface area (Å²) in [5.41, 5.74) is 2.10. The topological polar surface area (TPSA) is 31.4 Å². The number of halogens is 1. The average Bonchev–Trinajstić information content (AvgIpc) is 2.53. The van der Waals surface area contributed by atoms with Crippen LogP contribution in [0, 0.1) is 0 Å². The minimum Gasteiger partial charge on any atom is -0.493 e. The molecule has 2 atom stereocenters. The minimum absolute atomic E-state index is 0.0995. The van der Waals surface area contributed by atoms with Crippen molar-refractivity contribution in [2.24, 2.45) is 0 Å². The van der Waals surface area contributed by atoms with Crippen molar-refractivity contribution in [2.45, 2.75) is 17.7 Å². The van der Waals surface area contributed by atoms with E-state index in [1.54, 1.807) is 14.2 Å². The Kier molecular flexibility index (Phi) is 5.01. The summed E-state index contributed by atoms with van der Waals surface area (Å²) in [5.74, 6) is 1.72. The molecular weight excluding hydrogens is 318 g/mol. The molecule has 20 heavy (non-hydrogen) atoms. The first kappa shape index (κ1) is 14.9. The maximum atomic E-state index is 5.50. The Hall–Kier alpha value is -1.55. The molecule has 0 saturated heterocycles. The van der Waals surface area contributed by atoms with Crippen LogP contribution in [0.3, 0.4) is 0 Å². The molecule has 0 fully saturated rings. The fourth-order valence-electron chi connectivity index (χ4n) is 2.19. The van der Waals surface area contributed by atoms with Gasteiger partial charge in [-0.1, -0.05) is 41.1 Å². The number of ether oxygens (including phenoxy) is 2.